The second-order valence-electron chi connectivity index (χ2n) is 5.89. The van der Waals surface area contributed by atoms with Crippen molar-refractivity contribution in [2.75, 3.05) is 18.7 Å². The number of carbonyl (C=O) groups excluding carboxylic acids is 1. The Morgan fingerprint density at radius 2 is 1.85 bits per heavy atom. The maximum absolute atomic E-state index is 12.6. The first kappa shape index (κ1) is 18.6. The van der Waals surface area contributed by atoms with Crippen molar-refractivity contribution in [2.45, 2.75) is 4.90 Å². The van der Waals surface area contributed by atoms with E-state index >= 15 is 0 Å². The van der Waals surface area contributed by atoms with Crippen LogP contribution in [0, 0.1) is 0 Å². The summed E-state index contributed by atoms with van der Waals surface area (Å²) < 4.78 is 28.7. The third kappa shape index (κ3) is 4.32. The van der Waals surface area contributed by atoms with Gasteiger partial charge in [-0.05, 0) is 42.5 Å². The molecule has 1 aromatic heterocycles. The monoisotopic (exact) mass is 382 g/mol. The molecule has 1 heterocycles. The summed E-state index contributed by atoms with van der Waals surface area (Å²) >= 11 is 0. The summed E-state index contributed by atoms with van der Waals surface area (Å²) in [5.74, 6) is -0.237. The first-order valence-electron chi connectivity index (χ1n) is 8.09. The minimum Gasteiger partial charge on any atom is -0.495 e. The fraction of sp³-hybridized carbons (Fsp3) is 0.100. The lowest BCUT2D eigenvalue weighted by Crippen LogP contribution is -2.13. The predicted octanol–water partition coefficient (Wildman–Crippen LogP) is 3.41. The van der Waals surface area contributed by atoms with E-state index in [1.54, 1.807) is 12.3 Å². The number of ether oxygens (including phenoxy) is 1. The Labute approximate surface area is 157 Å². The molecule has 0 aliphatic heterocycles. The van der Waals surface area contributed by atoms with Crippen molar-refractivity contribution in [3.05, 3.63) is 72.4 Å². The van der Waals surface area contributed by atoms with Gasteiger partial charge in [0.1, 0.15) is 10.6 Å². The minimum atomic E-state index is -3.45. The highest BCUT2D eigenvalue weighted by molar-refractivity contribution is 7.90. The van der Waals surface area contributed by atoms with E-state index in [2.05, 4.69) is 10.3 Å². The number of pyridine rings is 1. The standard InChI is InChI=1S/C20H18N2O4S/c1-26-18-13-15(9-10-19(18)27(2,24)25)20(23)22-16-7-5-6-14(12-16)17-8-3-4-11-21-17/h3-13H,1-2H3,(H,22,23). The van der Waals surface area contributed by atoms with Crippen LogP contribution in [0.1, 0.15) is 10.4 Å². The van der Waals surface area contributed by atoms with E-state index in [4.69, 9.17) is 4.74 Å². The van der Waals surface area contributed by atoms with Gasteiger partial charge < -0.3 is 10.1 Å². The molecule has 1 N–H and O–H groups in total. The van der Waals surface area contributed by atoms with E-state index in [0.717, 1.165) is 17.5 Å². The highest BCUT2D eigenvalue weighted by atomic mass is 32.2. The number of hydrogen-bond donors (Lipinski definition) is 1. The van der Waals surface area contributed by atoms with Gasteiger partial charge in [-0.25, -0.2) is 8.42 Å². The smallest absolute Gasteiger partial charge is 0.255 e. The molecule has 3 rings (SSSR count). The molecular formula is C20H18N2O4S. The maximum atomic E-state index is 12.6. The van der Waals surface area contributed by atoms with E-state index < -0.39 is 9.84 Å². The van der Waals surface area contributed by atoms with Gasteiger partial charge in [-0.1, -0.05) is 18.2 Å². The zero-order valence-corrected chi connectivity index (χ0v) is 15.7. The highest BCUT2D eigenvalue weighted by Gasteiger charge is 2.17. The molecule has 1 amide bonds. The molecule has 0 spiro atoms. The average Bonchev–Trinajstić information content (AvgIpc) is 2.67. The predicted molar refractivity (Wildman–Crippen MR) is 104 cm³/mol. The lowest BCUT2D eigenvalue weighted by atomic mass is 10.1. The molecule has 6 nitrogen and oxygen atoms in total. The number of methoxy groups -OCH3 is 1. The molecule has 2 aromatic carbocycles. The molecule has 7 heteroatoms. The van der Waals surface area contributed by atoms with Crippen LogP contribution in [-0.4, -0.2) is 32.7 Å². The summed E-state index contributed by atoms with van der Waals surface area (Å²) in [7, 11) is -2.08. The second-order valence-corrected chi connectivity index (χ2v) is 7.87. The molecule has 27 heavy (non-hydrogen) atoms. The van der Waals surface area contributed by atoms with Crippen LogP contribution in [-0.2, 0) is 9.84 Å². The molecule has 0 saturated carbocycles. The largest absolute Gasteiger partial charge is 0.495 e. The van der Waals surface area contributed by atoms with Gasteiger partial charge in [0.25, 0.3) is 5.91 Å². The van der Waals surface area contributed by atoms with Gasteiger partial charge in [0.15, 0.2) is 9.84 Å². The summed E-state index contributed by atoms with van der Waals surface area (Å²) in [6, 6.07) is 17.2. The molecule has 0 atom stereocenters. The van der Waals surface area contributed by atoms with E-state index in [1.165, 1.54) is 25.3 Å². The number of nitrogens with one attached hydrogen (secondary N) is 1. The number of benzene rings is 2. The van der Waals surface area contributed by atoms with Gasteiger partial charge >= 0.3 is 0 Å². The molecule has 3 aromatic rings. The molecule has 0 saturated heterocycles. The molecule has 0 bridgehead atoms. The number of nitrogens with zero attached hydrogens (tertiary/aromatic N) is 1. The van der Waals surface area contributed by atoms with Gasteiger partial charge in [-0.2, -0.15) is 0 Å². The molecule has 138 valence electrons. The Morgan fingerprint density at radius 3 is 2.52 bits per heavy atom. The fourth-order valence-electron chi connectivity index (χ4n) is 2.61. The second kappa shape index (κ2) is 7.59. The number of anilines is 1. The summed E-state index contributed by atoms with van der Waals surface area (Å²) in [4.78, 5) is 16.9. The van der Waals surface area contributed by atoms with Crippen LogP contribution in [0.3, 0.4) is 0 Å². The first-order chi connectivity index (χ1) is 12.9. The average molecular weight is 382 g/mol. The molecular weight excluding hydrogens is 364 g/mol. The van der Waals surface area contributed by atoms with E-state index in [1.807, 2.05) is 36.4 Å². The van der Waals surface area contributed by atoms with Gasteiger partial charge in [-0.15, -0.1) is 0 Å². The van der Waals surface area contributed by atoms with Gasteiger partial charge in [0.05, 0.1) is 12.8 Å². The van der Waals surface area contributed by atoms with Crippen LogP contribution >= 0.6 is 0 Å². The van der Waals surface area contributed by atoms with Crippen molar-refractivity contribution in [2.24, 2.45) is 0 Å². The van der Waals surface area contributed by atoms with Crippen molar-refractivity contribution in [1.82, 2.24) is 4.98 Å². The third-order valence-corrected chi connectivity index (χ3v) is 5.04. The lowest BCUT2D eigenvalue weighted by molar-refractivity contribution is 0.102. The number of hydrogen-bond acceptors (Lipinski definition) is 5. The molecule has 0 aliphatic rings. The zero-order valence-electron chi connectivity index (χ0n) is 14.8. The topological polar surface area (TPSA) is 85.4 Å². The SMILES string of the molecule is COc1cc(C(=O)Nc2cccc(-c3ccccn3)c2)ccc1S(C)(=O)=O. The summed E-state index contributed by atoms with van der Waals surface area (Å²) in [5, 5.41) is 2.81. The lowest BCUT2D eigenvalue weighted by Gasteiger charge is -2.10. The number of carbonyl (C=O) groups is 1. The number of amides is 1. The van der Waals surface area contributed by atoms with Crippen LogP contribution in [0.5, 0.6) is 5.75 Å². The number of sulfone groups is 1. The summed E-state index contributed by atoms with van der Waals surface area (Å²) in [6.45, 7) is 0. The van der Waals surface area contributed by atoms with Crippen molar-refractivity contribution in [3.63, 3.8) is 0 Å². The Hall–Kier alpha value is -3.19. The Kier molecular flexibility index (Phi) is 5.23. The number of aromatic nitrogens is 1. The molecule has 0 unspecified atom stereocenters. The van der Waals surface area contributed by atoms with Crippen LogP contribution < -0.4 is 10.1 Å². The quantitative estimate of drug-likeness (QED) is 0.731. The van der Waals surface area contributed by atoms with Crippen molar-refractivity contribution >= 4 is 21.4 Å². The van der Waals surface area contributed by atoms with Gasteiger partial charge in [0, 0.05) is 29.3 Å². The molecule has 0 fully saturated rings. The van der Waals surface area contributed by atoms with Crippen LogP contribution in [0.4, 0.5) is 5.69 Å². The van der Waals surface area contributed by atoms with E-state index in [-0.39, 0.29) is 16.6 Å². The van der Waals surface area contributed by atoms with Crippen molar-refractivity contribution in [3.8, 4) is 17.0 Å². The maximum Gasteiger partial charge on any atom is 0.255 e. The first-order valence-corrected chi connectivity index (χ1v) is 9.98. The van der Waals surface area contributed by atoms with E-state index in [9.17, 15) is 13.2 Å². The van der Waals surface area contributed by atoms with Crippen LogP contribution in [0.15, 0.2) is 71.8 Å². The van der Waals surface area contributed by atoms with Crippen molar-refractivity contribution in [1.29, 1.82) is 0 Å². The fourth-order valence-corrected chi connectivity index (χ4v) is 3.43. The Balaban J connectivity index is 1.86. The van der Waals surface area contributed by atoms with Crippen molar-refractivity contribution < 1.29 is 17.9 Å². The van der Waals surface area contributed by atoms with Crippen LogP contribution in [0.25, 0.3) is 11.3 Å². The summed E-state index contributed by atoms with van der Waals surface area (Å²) in [5.41, 5.74) is 2.57. The highest BCUT2D eigenvalue weighted by Crippen LogP contribution is 2.26. The Morgan fingerprint density at radius 1 is 1.04 bits per heavy atom. The Bertz CT molecular complexity index is 1080. The van der Waals surface area contributed by atoms with E-state index in [0.29, 0.717) is 11.3 Å². The number of rotatable bonds is 5. The van der Waals surface area contributed by atoms with Gasteiger partial charge in [0.2, 0.25) is 0 Å². The molecule has 0 aliphatic carbocycles. The normalized spacial score (nSPS) is 11.0. The minimum absolute atomic E-state index is 0.0405. The summed E-state index contributed by atoms with van der Waals surface area (Å²) in [6.07, 6.45) is 2.80. The van der Waals surface area contributed by atoms with Crippen LogP contribution in [0.2, 0.25) is 0 Å². The van der Waals surface area contributed by atoms with Gasteiger partial charge in [-0.3, -0.25) is 9.78 Å². The third-order valence-electron chi connectivity index (χ3n) is 3.91. The zero-order chi connectivity index (χ0) is 19.4. The molecule has 0 radical (unpaired) electrons.